The molecule has 3 rings (SSSR count). The summed E-state index contributed by atoms with van der Waals surface area (Å²) in [4.78, 5) is 13.3. The van der Waals surface area contributed by atoms with Crippen molar-refractivity contribution in [3.63, 3.8) is 0 Å². The van der Waals surface area contributed by atoms with E-state index in [4.69, 9.17) is 0 Å². The summed E-state index contributed by atoms with van der Waals surface area (Å²) in [5, 5.41) is 0. The minimum atomic E-state index is 0.419. The van der Waals surface area contributed by atoms with Gasteiger partial charge in [-0.3, -0.25) is 4.79 Å². The van der Waals surface area contributed by atoms with Crippen LogP contribution in [-0.4, -0.2) is 23.9 Å². The summed E-state index contributed by atoms with van der Waals surface area (Å²) < 4.78 is 0. The second-order valence-electron chi connectivity index (χ2n) is 4.30. The maximum absolute atomic E-state index is 11.4. The van der Waals surface area contributed by atoms with Crippen molar-refractivity contribution in [1.82, 2.24) is 4.90 Å². The average Bonchev–Trinajstić information content (AvgIpc) is 2.58. The van der Waals surface area contributed by atoms with Crippen LogP contribution >= 0.6 is 0 Å². The van der Waals surface area contributed by atoms with Crippen molar-refractivity contribution in [2.45, 2.75) is 25.3 Å². The normalized spacial score (nSPS) is 52.8. The Morgan fingerprint density at radius 2 is 2.09 bits per heavy atom. The van der Waals surface area contributed by atoms with E-state index in [1.54, 1.807) is 0 Å². The molecule has 2 saturated carbocycles. The molecule has 1 aliphatic heterocycles. The number of carbonyl (C=O) groups is 1. The van der Waals surface area contributed by atoms with Gasteiger partial charge in [-0.2, -0.15) is 0 Å². The molecule has 2 heteroatoms. The maximum atomic E-state index is 11.4. The third-order valence-corrected chi connectivity index (χ3v) is 3.95. The lowest BCUT2D eigenvalue weighted by atomic mass is 9.76. The number of β-lactam (4-membered cyclic amide) rings is 1. The van der Waals surface area contributed by atoms with Crippen LogP contribution < -0.4 is 0 Å². The predicted molar refractivity (Wildman–Crippen MR) is 40.9 cm³/mol. The van der Waals surface area contributed by atoms with Crippen LogP contribution in [0.2, 0.25) is 0 Å². The molecular weight excluding hydrogens is 138 g/mol. The van der Waals surface area contributed by atoms with Crippen LogP contribution in [0, 0.1) is 17.8 Å². The fraction of sp³-hybridized carbons (Fsp3) is 0.889. The third kappa shape index (κ3) is 0.501. The highest BCUT2D eigenvalue weighted by atomic mass is 16.2. The number of nitrogens with zero attached hydrogens (tertiary/aromatic N) is 1. The predicted octanol–water partition coefficient (Wildman–Crippen LogP) is 0.873. The van der Waals surface area contributed by atoms with Gasteiger partial charge in [0.1, 0.15) is 0 Å². The second kappa shape index (κ2) is 1.62. The summed E-state index contributed by atoms with van der Waals surface area (Å²) in [6.45, 7) is 0. The Kier molecular flexibility index (Phi) is 0.890. The Morgan fingerprint density at radius 1 is 1.36 bits per heavy atom. The quantitative estimate of drug-likeness (QED) is 0.470. The summed E-state index contributed by atoms with van der Waals surface area (Å²) in [7, 11) is 1.96. The highest BCUT2D eigenvalue weighted by Gasteiger charge is 2.60. The number of amides is 1. The molecule has 0 aromatic carbocycles. The zero-order valence-corrected chi connectivity index (χ0v) is 6.79. The molecule has 3 aliphatic rings. The van der Waals surface area contributed by atoms with Crippen LogP contribution in [0.15, 0.2) is 0 Å². The number of rotatable bonds is 0. The number of carbonyl (C=O) groups excluding carboxylic acids is 1. The van der Waals surface area contributed by atoms with Gasteiger partial charge in [-0.05, 0) is 31.1 Å². The zero-order valence-electron chi connectivity index (χ0n) is 6.79. The molecule has 0 N–H and O–H groups in total. The SMILES string of the molecule is CN1C(=O)C2C3CCC(C3)C21. The van der Waals surface area contributed by atoms with Gasteiger partial charge in [0.05, 0.1) is 5.92 Å². The van der Waals surface area contributed by atoms with E-state index in [1.807, 2.05) is 11.9 Å². The number of fused-ring (bicyclic) bond motifs is 5. The van der Waals surface area contributed by atoms with Crippen molar-refractivity contribution in [2.75, 3.05) is 7.05 Å². The van der Waals surface area contributed by atoms with Crippen LogP contribution in [0.1, 0.15) is 19.3 Å². The molecule has 60 valence electrons. The fourth-order valence-corrected chi connectivity index (χ4v) is 3.47. The number of hydrogen-bond acceptors (Lipinski definition) is 1. The molecule has 0 aromatic rings. The van der Waals surface area contributed by atoms with E-state index in [0.29, 0.717) is 17.9 Å². The van der Waals surface area contributed by atoms with Crippen LogP contribution in [0.3, 0.4) is 0 Å². The second-order valence-corrected chi connectivity index (χ2v) is 4.30. The molecule has 4 unspecified atom stereocenters. The van der Waals surface area contributed by atoms with Crippen LogP contribution in [0.25, 0.3) is 0 Å². The minimum Gasteiger partial charge on any atom is -0.341 e. The monoisotopic (exact) mass is 151 g/mol. The molecule has 4 atom stereocenters. The summed E-state index contributed by atoms with van der Waals surface area (Å²) in [5.41, 5.74) is 0. The van der Waals surface area contributed by atoms with Crippen molar-refractivity contribution in [1.29, 1.82) is 0 Å². The van der Waals surface area contributed by atoms with Crippen molar-refractivity contribution < 1.29 is 4.79 Å². The molecule has 0 spiro atoms. The fourth-order valence-electron chi connectivity index (χ4n) is 3.47. The van der Waals surface area contributed by atoms with Gasteiger partial charge in [-0.1, -0.05) is 0 Å². The molecule has 3 fully saturated rings. The van der Waals surface area contributed by atoms with Crippen molar-refractivity contribution >= 4 is 5.91 Å². The molecule has 0 radical (unpaired) electrons. The Balaban J connectivity index is 1.95. The summed E-state index contributed by atoms with van der Waals surface area (Å²) >= 11 is 0. The van der Waals surface area contributed by atoms with E-state index in [-0.39, 0.29) is 0 Å². The maximum Gasteiger partial charge on any atom is 0.228 e. The van der Waals surface area contributed by atoms with Gasteiger partial charge in [0, 0.05) is 13.1 Å². The Labute approximate surface area is 66.6 Å². The first kappa shape index (κ1) is 6.04. The third-order valence-electron chi connectivity index (χ3n) is 3.95. The van der Waals surface area contributed by atoms with Gasteiger partial charge in [-0.15, -0.1) is 0 Å². The molecule has 2 nitrogen and oxygen atoms in total. The molecular formula is C9H13NO. The Bertz CT molecular complexity index is 226. The zero-order chi connectivity index (χ0) is 7.59. The number of hydrogen-bond donors (Lipinski definition) is 0. The summed E-state index contributed by atoms with van der Waals surface area (Å²) in [6, 6.07) is 0.654. The van der Waals surface area contributed by atoms with Crippen LogP contribution in [-0.2, 0) is 4.79 Å². The highest BCUT2D eigenvalue weighted by molar-refractivity contribution is 5.87. The smallest absolute Gasteiger partial charge is 0.228 e. The molecule has 1 saturated heterocycles. The number of likely N-dealkylation sites (tertiary alicyclic amines) is 1. The first-order valence-corrected chi connectivity index (χ1v) is 4.55. The van der Waals surface area contributed by atoms with Gasteiger partial charge in [0.25, 0.3) is 0 Å². The van der Waals surface area contributed by atoms with E-state index >= 15 is 0 Å². The standard InChI is InChI=1S/C9H13NO/c1-10-8-6-3-2-5(4-6)7(8)9(10)11/h5-8H,2-4H2,1H3. The van der Waals surface area contributed by atoms with Gasteiger partial charge >= 0.3 is 0 Å². The molecule has 2 aliphatic carbocycles. The van der Waals surface area contributed by atoms with Gasteiger partial charge in [-0.25, -0.2) is 0 Å². The molecule has 1 heterocycles. The summed E-state index contributed by atoms with van der Waals surface area (Å²) in [5.74, 6) is 2.52. The van der Waals surface area contributed by atoms with E-state index in [9.17, 15) is 4.79 Å². The highest BCUT2D eigenvalue weighted by Crippen LogP contribution is 2.55. The summed E-state index contributed by atoms with van der Waals surface area (Å²) in [6.07, 6.45) is 4.04. The average molecular weight is 151 g/mol. The van der Waals surface area contributed by atoms with Crippen molar-refractivity contribution in [3.8, 4) is 0 Å². The minimum absolute atomic E-state index is 0.419. The lowest BCUT2D eigenvalue weighted by Crippen LogP contribution is -2.61. The van der Waals surface area contributed by atoms with E-state index < -0.39 is 0 Å². The van der Waals surface area contributed by atoms with Crippen LogP contribution in [0.5, 0.6) is 0 Å². The molecule has 1 amide bonds. The first-order valence-electron chi connectivity index (χ1n) is 4.55. The van der Waals surface area contributed by atoms with Crippen LogP contribution in [0.4, 0.5) is 0 Å². The van der Waals surface area contributed by atoms with Crippen molar-refractivity contribution in [2.24, 2.45) is 17.8 Å². The lowest BCUT2D eigenvalue weighted by molar-refractivity contribution is -0.157. The first-order chi connectivity index (χ1) is 5.29. The molecule has 2 bridgehead atoms. The Morgan fingerprint density at radius 3 is 2.82 bits per heavy atom. The van der Waals surface area contributed by atoms with E-state index in [1.165, 1.54) is 19.3 Å². The van der Waals surface area contributed by atoms with Gasteiger partial charge in [0.15, 0.2) is 0 Å². The van der Waals surface area contributed by atoms with E-state index in [2.05, 4.69) is 0 Å². The van der Waals surface area contributed by atoms with Gasteiger partial charge < -0.3 is 4.90 Å². The van der Waals surface area contributed by atoms with Gasteiger partial charge in [0.2, 0.25) is 5.91 Å². The molecule has 11 heavy (non-hydrogen) atoms. The Hall–Kier alpha value is -0.530. The largest absolute Gasteiger partial charge is 0.341 e. The topological polar surface area (TPSA) is 20.3 Å². The molecule has 0 aromatic heterocycles. The van der Waals surface area contributed by atoms with Crippen molar-refractivity contribution in [3.05, 3.63) is 0 Å². The van der Waals surface area contributed by atoms with E-state index in [0.717, 1.165) is 11.8 Å². The lowest BCUT2D eigenvalue weighted by Gasteiger charge is -2.47.